The number of rotatable bonds is 2. The van der Waals surface area contributed by atoms with Crippen molar-refractivity contribution in [3.63, 3.8) is 0 Å². The van der Waals surface area contributed by atoms with Crippen LogP contribution in [0, 0.1) is 13.8 Å². The van der Waals surface area contributed by atoms with Gasteiger partial charge in [-0.3, -0.25) is 0 Å². The predicted molar refractivity (Wildman–Crippen MR) is 79.0 cm³/mol. The molecule has 0 saturated carbocycles. The monoisotopic (exact) mass is 286 g/mol. The lowest BCUT2D eigenvalue weighted by molar-refractivity contribution is 1.36. The molecular formula is C16H15Br. The normalized spacial score (nSPS) is 11.0. The number of hydrogen-bond donors (Lipinski definition) is 0. The minimum atomic E-state index is 1.11. The molecule has 0 N–H and O–H groups in total. The van der Waals surface area contributed by atoms with Gasteiger partial charge >= 0.3 is 0 Å². The quantitative estimate of drug-likeness (QED) is 0.663. The molecule has 0 nitrogen and oxygen atoms in total. The second kappa shape index (κ2) is 5.33. The van der Waals surface area contributed by atoms with Crippen LogP contribution < -0.4 is 0 Å². The van der Waals surface area contributed by atoms with Crippen LogP contribution in [-0.2, 0) is 0 Å². The molecule has 0 heterocycles. The van der Waals surface area contributed by atoms with Gasteiger partial charge < -0.3 is 0 Å². The van der Waals surface area contributed by atoms with E-state index in [1.165, 1.54) is 22.3 Å². The fourth-order valence-corrected chi connectivity index (χ4v) is 2.30. The summed E-state index contributed by atoms with van der Waals surface area (Å²) in [4.78, 5) is 0. The third kappa shape index (κ3) is 3.07. The van der Waals surface area contributed by atoms with E-state index in [0.717, 1.165) is 4.47 Å². The number of halogens is 1. The maximum Gasteiger partial charge on any atom is 0.0181 e. The molecule has 0 bridgehead atoms. The lowest BCUT2D eigenvalue weighted by Gasteiger charge is -2.04. The van der Waals surface area contributed by atoms with Crippen molar-refractivity contribution in [1.29, 1.82) is 0 Å². The van der Waals surface area contributed by atoms with Gasteiger partial charge in [-0.05, 0) is 48.2 Å². The molecule has 2 aromatic rings. The molecule has 0 aliphatic heterocycles. The molecule has 0 aromatic heterocycles. The van der Waals surface area contributed by atoms with Crippen molar-refractivity contribution >= 4 is 28.1 Å². The van der Waals surface area contributed by atoms with E-state index in [1.807, 2.05) is 6.07 Å². The van der Waals surface area contributed by atoms with Crippen molar-refractivity contribution in [2.45, 2.75) is 13.8 Å². The van der Waals surface area contributed by atoms with Gasteiger partial charge in [-0.25, -0.2) is 0 Å². The van der Waals surface area contributed by atoms with Crippen molar-refractivity contribution in [1.82, 2.24) is 0 Å². The van der Waals surface area contributed by atoms with Crippen LogP contribution in [0.15, 0.2) is 46.9 Å². The molecule has 0 saturated heterocycles. The average molecular weight is 287 g/mol. The van der Waals surface area contributed by atoms with Crippen molar-refractivity contribution in [2.75, 3.05) is 0 Å². The molecule has 2 aromatic carbocycles. The third-order valence-corrected chi connectivity index (χ3v) is 3.33. The van der Waals surface area contributed by atoms with E-state index in [0.29, 0.717) is 0 Å². The first-order chi connectivity index (χ1) is 8.16. The minimum absolute atomic E-state index is 1.11. The first kappa shape index (κ1) is 12.1. The Labute approximate surface area is 111 Å². The summed E-state index contributed by atoms with van der Waals surface area (Å²) in [5.74, 6) is 0. The molecule has 0 aliphatic rings. The van der Waals surface area contributed by atoms with Crippen molar-refractivity contribution in [3.05, 3.63) is 69.2 Å². The summed E-state index contributed by atoms with van der Waals surface area (Å²) in [5, 5.41) is 0. The van der Waals surface area contributed by atoms with Gasteiger partial charge in [-0.2, -0.15) is 0 Å². The SMILES string of the molecule is Cc1cccc(C)c1C=Cc1cccc(Br)c1. The molecule has 86 valence electrons. The molecular weight excluding hydrogens is 272 g/mol. The summed E-state index contributed by atoms with van der Waals surface area (Å²) < 4.78 is 1.11. The average Bonchev–Trinajstić information content (AvgIpc) is 2.28. The highest BCUT2D eigenvalue weighted by Gasteiger charge is 1.97. The lowest BCUT2D eigenvalue weighted by atomic mass is 10.0. The summed E-state index contributed by atoms with van der Waals surface area (Å²) in [6.45, 7) is 4.29. The molecule has 0 amide bonds. The number of aryl methyl sites for hydroxylation is 2. The Morgan fingerprint density at radius 2 is 1.53 bits per heavy atom. The van der Waals surface area contributed by atoms with E-state index in [-0.39, 0.29) is 0 Å². The Hall–Kier alpha value is -1.34. The molecule has 0 fully saturated rings. The Kier molecular flexibility index (Phi) is 3.80. The first-order valence-corrected chi connectivity index (χ1v) is 6.46. The van der Waals surface area contributed by atoms with Gasteiger partial charge in [0.25, 0.3) is 0 Å². The third-order valence-electron chi connectivity index (χ3n) is 2.83. The molecule has 0 unspecified atom stereocenters. The highest BCUT2D eigenvalue weighted by Crippen LogP contribution is 2.18. The Morgan fingerprint density at radius 3 is 2.18 bits per heavy atom. The Morgan fingerprint density at radius 1 is 0.882 bits per heavy atom. The van der Waals surface area contributed by atoms with Crippen LogP contribution in [0.5, 0.6) is 0 Å². The summed E-state index contributed by atoms with van der Waals surface area (Å²) in [6, 6.07) is 14.7. The molecule has 0 aliphatic carbocycles. The minimum Gasteiger partial charge on any atom is -0.0617 e. The van der Waals surface area contributed by atoms with Crippen molar-refractivity contribution in [3.8, 4) is 0 Å². The largest absolute Gasteiger partial charge is 0.0617 e. The van der Waals surface area contributed by atoms with Crippen LogP contribution in [0.2, 0.25) is 0 Å². The van der Waals surface area contributed by atoms with E-state index >= 15 is 0 Å². The van der Waals surface area contributed by atoms with Gasteiger partial charge in [0.1, 0.15) is 0 Å². The zero-order chi connectivity index (χ0) is 12.3. The number of benzene rings is 2. The van der Waals surface area contributed by atoms with Gasteiger partial charge in [-0.15, -0.1) is 0 Å². The molecule has 2 rings (SSSR count). The summed E-state index contributed by atoms with van der Waals surface area (Å²) >= 11 is 3.48. The topological polar surface area (TPSA) is 0 Å². The Bertz CT molecular complexity index is 533. The highest BCUT2D eigenvalue weighted by molar-refractivity contribution is 9.10. The fraction of sp³-hybridized carbons (Fsp3) is 0.125. The van der Waals surface area contributed by atoms with Gasteiger partial charge in [0.15, 0.2) is 0 Å². The van der Waals surface area contributed by atoms with Crippen LogP contribution >= 0.6 is 15.9 Å². The Balaban J connectivity index is 2.32. The summed E-state index contributed by atoms with van der Waals surface area (Å²) in [6.07, 6.45) is 4.34. The van der Waals surface area contributed by atoms with E-state index in [1.54, 1.807) is 0 Å². The summed E-state index contributed by atoms with van der Waals surface area (Å²) in [7, 11) is 0. The zero-order valence-corrected chi connectivity index (χ0v) is 11.7. The standard InChI is InChI=1S/C16H15Br/c1-12-5-3-6-13(2)16(12)10-9-14-7-4-8-15(17)11-14/h3-11H,1-2H3. The van der Waals surface area contributed by atoms with Gasteiger partial charge in [0, 0.05) is 4.47 Å². The fourth-order valence-electron chi connectivity index (χ4n) is 1.88. The van der Waals surface area contributed by atoms with Gasteiger partial charge in [-0.1, -0.05) is 58.4 Å². The molecule has 17 heavy (non-hydrogen) atoms. The lowest BCUT2D eigenvalue weighted by Crippen LogP contribution is -1.84. The van der Waals surface area contributed by atoms with Crippen LogP contribution in [0.1, 0.15) is 22.3 Å². The van der Waals surface area contributed by atoms with E-state index in [2.05, 4.69) is 78.3 Å². The summed E-state index contributed by atoms with van der Waals surface area (Å²) in [5.41, 5.74) is 5.15. The van der Waals surface area contributed by atoms with Gasteiger partial charge in [0.2, 0.25) is 0 Å². The zero-order valence-electron chi connectivity index (χ0n) is 10.1. The van der Waals surface area contributed by atoms with Crippen molar-refractivity contribution < 1.29 is 0 Å². The first-order valence-electron chi connectivity index (χ1n) is 5.67. The van der Waals surface area contributed by atoms with Crippen LogP contribution in [0.3, 0.4) is 0 Å². The molecule has 0 atom stereocenters. The number of hydrogen-bond acceptors (Lipinski definition) is 0. The molecule has 0 radical (unpaired) electrons. The molecule has 0 spiro atoms. The van der Waals surface area contributed by atoms with E-state index in [9.17, 15) is 0 Å². The van der Waals surface area contributed by atoms with Crippen LogP contribution in [-0.4, -0.2) is 0 Å². The highest BCUT2D eigenvalue weighted by atomic mass is 79.9. The molecule has 1 heteroatoms. The van der Waals surface area contributed by atoms with Gasteiger partial charge in [0.05, 0.1) is 0 Å². The second-order valence-corrected chi connectivity index (χ2v) is 5.11. The predicted octanol–water partition coefficient (Wildman–Crippen LogP) is 5.24. The smallest absolute Gasteiger partial charge is 0.0181 e. The van der Waals surface area contributed by atoms with Crippen molar-refractivity contribution in [2.24, 2.45) is 0 Å². The maximum atomic E-state index is 3.48. The maximum absolute atomic E-state index is 3.48. The van der Waals surface area contributed by atoms with Crippen LogP contribution in [0.4, 0.5) is 0 Å². The van der Waals surface area contributed by atoms with E-state index in [4.69, 9.17) is 0 Å². The van der Waals surface area contributed by atoms with Crippen LogP contribution in [0.25, 0.3) is 12.2 Å². The second-order valence-electron chi connectivity index (χ2n) is 4.19. The van der Waals surface area contributed by atoms with E-state index < -0.39 is 0 Å².